The van der Waals surface area contributed by atoms with Crippen LogP contribution in [0.4, 0.5) is 0 Å². The van der Waals surface area contributed by atoms with Crippen molar-refractivity contribution >= 4 is 17.7 Å². The lowest BCUT2D eigenvalue weighted by atomic mass is 10.2. The molecule has 8 nitrogen and oxygen atoms in total. The highest BCUT2D eigenvalue weighted by Gasteiger charge is 2.30. The van der Waals surface area contributed by atoms with Crippen molar-refractivity contribution in [2.24, 2.45) is 0 Å². The molecule has 1 aliphatic heterocycles. The van der Waals surface area contributed by atoms with Crippen LogP contribution in [0.1, 0.15) is 31.4 Å². The number of carbonyl (C=O) groups excluding carboxylic acids is 1. The van der Waals surface area contributed by atoms with Crippen LogP contribution >= 0.6 is 11.8 Å². The minimum atomic E-state index is 0.0703. The number of hydrogen-bond donors (Lipinski definition) is 0. The zero-order valence-corrected chi connectivity index (χ0v) is 18.0. The van der Waals surface area contributed by atoms with Gasteiger partial charge < -0.3 is 14.4 Å². The van der Waals surface area contributed by atoms with E-state index in [9.17, 15) is 4.79 Å². The van der Waals surface area contributed by atoms with E-state index in [-0.39, 0.29) is 12.7 Å². The van der Waals surface area contributed by atoms with Crippen LogP contribution in [0, 0.1) is 0 Å². The summed E-state index contributed by atoms with van der Waals surface area (Å²) in [6, 6.07) is 10.1. The summed E-state index contributed by atoms with van der Waals surface area (Å²) in [5.41, 5.74) is 2.01. The largest absolute Gasteiger partial charge is 0.454 e. The highest BCUT2D eigenvalue weighted by molar-refractivity contribution is 7.99. The van der Waals surface area contributed by atoms with Gasteiger partial charge in [-0.15, -0.1) is 10.2 Å². The topological polar surface area (TPSA) is 82.4 Å². The minimum Gasteiger partial charge on any atom is -0.454 e. The standard InChI is InChI=1S/C22H23N5O3S/c1-2-26(12-15-3-6-18-19(11-15)30-14-29-18)20(28)13-31-22-25-24-21(27(22)17-4-5-17)16-7-9-23-10-8-16/h3,6-11,17H,2,4-5,12-14H2,1H3. The van der Waals surface area contributed by atoms with E-state index in [2.05, 4.69) is 19.7 Å². The second-order valence-corrected chi connectivity index (χ2v) is 8.47. The van der Waals surface area contributed by atoms with Gasteiger partial charge in [0.15, 0.2) is 22.5 Å². The number of benzene rings is 1. The van der Waals surface area contributed by atoms with Crippen molar-refractivity contribution in [3.63, 3.8) is 0 Å². The summed E-state index contributed by atoms with van der Waals surface area (Å²) >= 11 is 1.45. The molecule has 1 saturated carbocycles. The molecule has 2 aliphatic rings. The van der Waals surface area contributed by atoms with Gasteiger partial charge in [-0.2, -0.15) is 0 Å². The van der Waals surface area contributed by atoms with E-state index in [0.717, 1.165) is 46.4 Å². The van der Waals surface area contributed by atoms with Gasteiger partial charge in [0.2, 0.25) is 12.7 Å². The van der Waals surface area contributed by atoms with E-state index in [1.165, 1.54) is 11.8 Å². The van der Waals surface area contributed by atoms with Gasteiger partial charge in [-0.1, -0.05) is 17.8 Å². The minimum absolute atomic E-state index is 0.0703. The zero-order valence-electron chi connectivity index (χ0n) is 17.2. The van der Waals surface area contributed by atoms with E-state index < -0.39 is 0 Å². The van der Waals surface area contributed by atoms with Gasteiger partial charge in [0.05, 0.1) is 5.75 Å². The SMILES string of the molecule is CCN(Cc1ccc2c(c1)OCO2)C(=O)CSc1nnc(-c2ccncc2)n1C1CC1. The number of thioether (sulfide) groups is 1. The van der Waals surface area contributed by atoms with Crippen LogP contribution in [0.25, 0.3) is 11.4 Å². The Morgan fingerprint density at radius 2 is 1.97 bits per heavy atom. The molecule has 0 atom stereocenters. The molecule has 0 radical (unpaired) electrons. The van der Waals surface area contributed by atoms with E-state index in [0.29, 0.717) is 24.9 Å². The molecule has 0 N–H and O–H groups in total. The Morgan fingerprint density at radius 1 is 1.16 bits per heavy atom. The third-order valence-corrected chi connectivity index (χ3v) is 6.31. The van der Waals surface area contributed by atoms with E-state index in [4.69, 9.17) is 9.47 Å². The first-order chi connectivity index (χ1) is 15.2. The van der Waals surface area contributed by atoms with Crippen LogP contribution in [-0.2, 0) is 11.3 Å². The van der Waals surface area contributed by atoms with Crippen molar-refractivity contribution < 1.29 is 14.3 Å². The quantitative estimate of drug-likeness (QED) is 0.499. The molecule has 9 heteroatoms. The second-order valence-electron chi connectivity index (χ2n) is 7.53. The molecule has 0 bridgehead atoms. The Morgan fingerprint density at radius 3 is 2.74 bits per heavy atom. The van der Waals surface area contributed by atoms with Crippen molar-refractivity contribution in [3.8, 4) is 22.9 Å². The molecule has 5 rings (SSSR count). The van der Waals surface area contributed by atoms with Gasteiger partial charge in [-0.3, -0.25) is 14.3 Å². The molecule has 160 valence electrons. The number of amides is 1. The molecule has 1 fully saturated rings. The lowest BCUT2D eigenvalue weighted by molar-refractivity contribution is -0.128. The Hall–Kier alpha value is -3.07. The molecular weight excluding hydrogens is 414 g/mol. The van der Waals surface area contributed by atoms with Crippen LogP contribution in [0.5, 0.6) is 11.5 Å². The smallest absolute Gasteiger partial charge is 0.233 e. The molecule has 3 aromatic rings. The fraction of sp³-hybridized carbons (Fsp3) is 0.364. The van der Waals surface area contributed by atoms with Crippen molar-refractivity contribution in [3.05, 3.63) is 48.3 Å². The van der Waals surface area contributed by atoms with Gasteiger partial charge in [0.1, 0.15) is 0 Å². The third kappa shape index (κ3) is 4.23. The predicted molar refractivity (Wildman–Crippen MR) is 116 cm³/mol. The average Bonchev–Trinajstić information content (AvgIpc) is 3.38. The maximum atomic E-state index is 12.9. The van der Waals surface area contributed by atoms with Crippen molar-refractivity contribution in [1.29, 1.82) is 0 Å². The third-order valence-electron chi connectivity index (χ3n) is 5.38. The maximum absolute atomic E-state index is 12.9. The lowest BCUT2D eigenvalue weighted by Gasteiger charge is -2.21. The van der Waals surface area contributed by atoms with Crippen LogP contribution in [0.15, 0.2) is 47.9 Å². The summed E-state index contributed by atoms with van der Waals surface area (Å²) in [7, 11) is 0. The molecule has 1 aliphatic carbocycles. The molecule has 31 heavy (non-hydrogen) atoms. The monoisotopic (exact) mass is 437 g/mol. The van der Waals surface area contributed by atoms with Crippen LogP contribution < -0.4 is 9.47 Å². The van der Waals surface area contributed by atoms with Gasteiger partial charge in [0, 0.05) is 37.1 Å². The summed E-state index contributed by atoms with van der Waals surface area (Å²) < 4.78 is 13.0. The van der Waals surface area contributed by atoms with Crippen molar-refractivity contribution in [1.82, 2.24) is 24.6 Å². The fourth-order valence-electron chi connectivity index (χ4n) is 3.59. The normalized spacial score (nSPS) is 14.6. The van der Waals surface area contributed by atoms with Crippen molar-refractivity contribution in [2.75, 3.05) is 19.1 Å². The number of fused-ring (bicyclic) bond motifs is 1. The van der Waals surface area contributed by atoms with E-state index in [1.54, 1.807) is 12.4 Å². The first-order valence-electron chi connectivity index (χ1n) is 10.4. The number of nitrogens with zero attached hydrogens (tertiary/aromatic N) is 5. The number of carbonyl (C=O) groups is 1. The van der Waals surface area contributed by atoms with Gasteiger partial charge in [0.25, 0.3) is 0 Å². The molecular formula is C22H23N5O3S. The first kappa shape index (κ1) is 19.9. The fourth-order valence-corrected chi connectivity index (χ4v) is 4.50. The predicted octanol–water partition coefficient (Wildman–Crippen LogP) is 3.54. The summed E-state index contributed by atoms with van der Waals surface area (Å²) in [5.74, 6) is 2.71. The molecule has 0 unspecified atom stereocenters. The Balaban J connectivity index is 1.27. The number of aromatic nitrogens is 4. The number of rotatable bonds is 8. The Kier molecular flexibility index (Phi) is 5.50. The zero-order chi connectivity index (χ0) is 21.2. The number of ether oxygens (including phenoxy) is 2. The molecule has 1 amide bonds. The molecule has 0 saturated heterocycles. The summed E-state index contributed by atoms with van der Waals surface area (Å²) in [6.07, 6.45) is 5.74. The van der Waals surface area contributed by atoms with Crippen LogP contribution in [0.2, 0.25) is 0 Å². The van der Waals surface area contributed by atoms with E-state index in [1.807, 2.05) is 42.2 Å². The summed E-state index contributed by atoms with van der Waals surface area (Å²) in [6.45, 7) is 3.40. The maximum Gasteiger partial charge on any atom is 0.233 e. The van der Waals surface area contributed by atoms with Gasteiger partial charge in [-0.25, -0.2) is 0 Å². The van der Waals surface area contributed by atoms with E-state index >= 15 is 0 Å². The van der Waals surface area contributed by atoms with Crippen LogP contribution in [0.3, 0.4) is 0 Å². The Bertz CT molecular complexity index is 1080. The highest BCUT2D eigenvalue weighted by atomic mass is 32.2. The lowest BCUT2D eigenvalue weighted by Crippen LogP contribution is -2.31. The summed E-state index contributed by atoms with van der Waals surface area (Å²) in [4.78, 5) is 18.9. The number of hydrogen-bond acceptors (Lipinski definition) is 7. The van der Waals surface area contributed by atoms with Crippen LogP contribution in [-0.4, -0.2) is 49.6 Å². The second kappa shape index (κ2) is 8.58. The molecule has 1 aromatic carbocycles. The first-order valence-corrected chi connectivity index (χ1v) is 11.4. The summed E-state index contributed by atoms with van der Waals surface area (Å²) in [5, 5.41) is 9.59. The Labute approximate surface area is 184 Å². The average molecular weight is 438 g/mol. The van der Waals surface area contributed by atoms with Gasteiger partial charge in [-0.05, 0) is 49.6 Å². The number of pyridine rings is 1. The highest BCUT2D eigenvalue weighted by Crippen LogP contribution is 2.41. The van der Waals surface area contributed by atoms with Crippen molar-refractivity contribution in [2.45, 2.75) is 37.5 Å². The molecule has 0 spiro atoms. The molecule has 2 aromatic heterocycles. The van der Waals surface area contributed by atoms with Gasteiger partial charge >= 0.3 is 0 Å². The molecule has 3 heterocycles.